The number of carbonyl (C=O) groups excluding carboxylic acids is 1. The Morgan fingerprint density at radius 3 is 2.64 bits per heavy atom. The number of anilines is 1. The van der Waals surface area contributed by atoms with E-state index in [0.717, 1.165) is 11.1 Å². The molecule has 0 radical (unpaired) electrons. The molecular weight excluding hydrogens is 318 g/mol. The first-order valence-corrected chi connectivity index (χ1v) is 7.84. The predicted octanol–water partition coefficient (Wildman–Crippen LogP) is 2.92. The number of amides is 1. The molecule has 2 aromatic heterocycles. The minimum atomic E-state index is -0.709. The number of benzene rings is 1. The fourth-order valence-corrected chi connectivity index (χ4v) is 2.58. The van der Waals surface area contributed by atoms with Gasteiger partial charge in [0.15, 0.2) is 11.5 Å². The van der Waals surface area contributed by atoms with Gasteiger partial charge in [0, 0.05) is 24.2 Å². The Bertz CT molecular complexity index is 899. The van der Waals surface area contributed by atoms with Crippen molar-refractivity contribution in [3.05, 3.63) is 67.3 Å². The minimum Gasteiger partial charge on any atom is -0.485 e. The Morgan fingerprint density at radius 1 is 1.00 bits per heavy atom. The van der Waals surface area contributed by atoms with Gasteiger partial charge in [0.1, 0.15) is 6.61 Å². The van der Waals surface area contributed by atoms with Crippen LogP contribution in [0.3, 0.4) is 0 Å². The first-order chi connectivity index (χ1) is 12.3. The summed E-state index contributed by atoms with van der Waals surface area (Å²) in [6.45, 7) is 0.167. The first-order valence-electron chi connectivity index (χ1n) is 7.84. The average molecular weight is 333 g/mol. The number of carbonyl (C=O) groups is 1. The number of nitrogens with zero attached hydrogens (tertiary/aromatic N) is 2. The molecule has 1 N–H and O–H groups in total. The Labute approximate surface area is 144 Å². The molecule has 1 aromatic carbocycles. The zero-order valence-electron chi connectivity index (χ0n) is 13.3. The Balaban J connectivity index is 1.49. The smallest absolute Gasteiger partial charge is 0.269 e. The molecule has 0 bridgehead atoms. The molecule has 0 spiro atoms. The normalized spacial score (nSPS) is 15.4. The fourth-order valence-electron chi connectivity index (χ4n) is 2.58. The number of hydrogen-bond donors (Lipinski definition) is 1. The summed E-state index contributed by atoms with van der Waals surface area (Å²) in [6.07, 6.45) is 6.05. The van der Waals surface area contributed by atoms with Crippen LogP contribution in [0.1, 0.15) is 0 Å². The summed E-state index contributed by atoms with van der Waals surface area (Å²) in [5, 5.41) is 2.83. The van der Waals surface area contributed by atoms with E-state index in [1.54, 1.807) is 30.9 Å². The molecule has 1 aliphatic rings. The van der Waals surface area contributed by atoms with Crippen molar-refractivity contribution < 1.29 is 14.3 Å². The van der Waals surface area contributed by atoms with Crippen LogP contribution in [0.25, 0.3) is 11.1 Å². The van der Waals surface area contributed by atoms with Gasteiger partial charge in [-0.1, -0.05) is 12.1 Å². The highest BCUT2D eigenvalue weighted by Gasteiger charge is 2.27. The van der Waals surface area contributed by atoms with Crippen LogP contribution in [0.2, 0.25) is 0 Å². The van der Waals surface area contributed by atoms with E-state index in [1.165, 1.54) is 0 Å². The van der Waals surface area contributed by atoms with Crippen LogP contribution >= 0.6 is 0 Å². The van der Waals surface area contributed by atoms with Crippen molar-refractivity contribution in [2.75, 3.05) is 11.9 Å². The van der Waals surface area contributed by atoms with Gasteiger partial charge in [0.05, 0.1) is 11.9 Å². The minimum absolute atomic E-state index is 0.167. The molecule has 25 heavy (non-hydrogen) atoms. The third-order valence-corrected chi connectivity index (χ3v) is 3.82. The standard InChI is InChI=1S/C19H15N3O3/c23-19(18-12-24-16-3-1-2-4-17(16)25-18)22-15-9-14(10-21-11-15)13-5-7-20-8-6-13/h1-11,18H,12H2,(H,22,23). The van der Waals surface area contributed by atoms with E-state index in [1.807, 2.05) is 36.4 Å². The van der Waals surface area contributed by atoms with Crippen molar-refractivity contribution in [2.45, 2.75) is 6.10 Å². The number of aromatic nitrogens is 2. The van der Waals surface area contributed by atoms with Crippen LogP contribution in [0.4, 0.5) is 5.69 Å². The van der Waals surface area contributed by atoms with E-state index in [0.29, 0.717) is 17.2 Å². The van der Waals surface area contributed by atoms with Crippen molar-refractivity contribution in [1.82, 2.24) is 9.97 Å². The summed E-state index contributed by atoms with van der Waals surface area (Å²) in [6, 6.07) is 12.9. The maximum atomic E-state index is 12.5. The van der Waals surface area contributed by atoms with E-state index < -0.39 is 6.10 Å². The summed E-state index contributed by atoms with van der Waals surface area (Å²) in [5.74, 6) is 0.939. The SMILES string of the molecule is O=C(Nc1cncc(-c2ccncc2)c1)C1COc2ccccc2O1. The lowest BCUT2D eigenvalue weighted by molar-refractivity contribution is -0.125. The molecule has 0 saturated heterocycles. The van der Waals surface area contributed by atoms with Gasteiger partial charge in [-0.15, -0.1) is 0 Å². The van der Waals surface area contributed by atoms with Crippen molar-refractivity contribution in [3.8, 4) is 22.6 Å². The second-order valence-corrected chi connectivity index (χ2v) is 5.55. The Morgan fingerprint density at radius 2 is 1.80 bits per heavy atom. The second kappa shape index (κ2) is 6.60. The summed E-state index contributed by atoms with van der Waals surface area (Å²) in [4.78, 5) is 20.7. The third kappa shape index (κ3) is 3.28. The van der Waals surface area contributed by atoms with Crippen LogP contribution in [-0.2, 0) is 4.79 Å². The van der Waals surface area contributed by atoms with Gasteiger partial charge in [0.25, 0.3) is 5.91 Å². The van der Waals surface area contributed by atoms with Crippen LogP contribution in [0.5, 0.6) is 11.5 Å². The maximum Gasteiger partial charge on any atom is 0.269 e. The molecule has 3 heterocycles. The molecule has 4 rings (SSSR count). The number of ether oxygens (including phenoxy) is 2. The molecule has 6 nitrogen and oxygen atoms in total. The van der Waals surface area contributed by atoms with Gasteiger partial charge in [-0.25, -0.2) is 0 Å². The highest BCUT2D eigenvalue weighted by molar-refractivity contribution is 5.95. The van der Waals surface area contributed by atoms with Gasteiger partial charge in [-0.05, 0) is 35.9 Å². The molecule has 1 aliphatic heterocycles. The van der Waals surface area contributed by atoms with Gasteiger partial charge < -0.3 is 14.8 Å². The summed E-state index contributed by atoms with van der Waals surface area (Å²) >= 11 is 0. The lowest BCUT2D eigenvalue weighted by atomic mass is 10.1. The van der Waals surface area contributed by atoms with Gasteiger partial charge in [-0.2, -0.15) is 0 Å². The zero-order chi connectivity index (χ0) is 17.1. The number of rotatable bonds is 3. The van der Waals surface area contributed by atoms with Gasteiger partial charge in [0.2, 0.25) is 6.10 Å². The monoisotopic (exact) mass is 333 g/mol. The summed E-state index contributed by atoms with van der Waals surface area (Å²) < 4.78 is 11.3. The maximum absolute atomic E-state index is 12.5. The molecule has 0 fully saturated rings. The second-order valence-electron chi connectivity index (χ2n) is 5.55. The van der Waals surface area contributed by atoms with Crippen LogP contribution in [0.15, 0.2) is 67.3 Å². The van der Waals surface area contributed by atoms with Crippen molar-refractivity contribution in [1.29, 1.82) is 0 Å². The summed E-state index contributed by atoms with van der Waals surface area (Å²) in [7, 11) is 0. The number of pyridine rings is 2. The zero-order valence-corrected chi connectivity index (χ0v) is 13.3. The number of hydrogen-bond acceptors (Lipinski definition) is 5. The molecule has 1 unspecified atom stereocenters. The number of nitrogens with one attached hydrogen (secondary N) is 1. The van der Waals surface area contributed by atoms with Gasteiger partial charge >= 0.3 is 0 Å². The van der Waals surface area contributed by atoms with E-state index in [2.05, 4.69) is 15.3 Å². The quantitative estimate of drug-likeness (QED) is 0.798. The number of fused-ring (bicyclic) bond motifs is 1. The van der Waals surface area contributed by atoms with Crippen molar-refractivity contribution >= 4 is 11.6 Å². The lowest BCUT2D eigenvalue weighted by Gasteiger charge is -2.25. The topological polar surface area (TPSA) is 73.3 Å². The molecule has 1 atom stereocenters. The summed E-state index contributed by atoms with van der Waals surface area (Å²) in [5.41, 5.74) is 2.47. The van der Waals surface area contributed by atoms with Gasteiger partial charge in [-0.3, -0.25) is 14.8 Å². The molecular formula is C19H15N3O3. The Hall–Kier alpha value is -3.41. The van der Waals surface area contributed by atoms with Crippen molar-refractivity contribution in [3.63, 3.8) is 0 Å². The average Bonchev–Trinajstić information content (AvgIpc) is 2.68. The van der Waals surface area contributed by atoms with E-state index >= 15 is 0 Å². The van der Waals surface area contributed by atoms with E-state index in [9.17, 15) is 4.79 Å². The first kappa shape index (κ1) is 15.1. The van der Waals surface area contributed by atoms with E-state index in [-0.39, 0.29) is 12.5 Å². The van der Waals surface area contributed by atoms with Crippen LogP contribution in [-0.4, -0.2) is 28.6 Å². The van der Waals surface area contributed by atoms with Crippen LogP contribution < -0.4 is 14.8 Å². The molecule has 0 saturated carbocycles. The van der Waals surface area contributed by atoms with Crippen LogP contribution in [0, 0.1) is 0 Å². The highest BCUT2D eigenvalue weighted by atomic mass is 16.6. The third-order valence-electron chi connectivity index (χ3n) is 3.82. The predicted molar refractivity (Wildman–Crippen MR) is 92.5 cm³/mol. The molecule has 6 heteroatoms. The lowest BCUT2D eigenvalue weighted by Crippen LogP contribution is -2.40. The molecule has 3 aromatic rings. The van der Waals surface area contributed by atoms with E-state index in [4.69, 9.17) is 9.47 Å². The molecule has 1 amide bonds. The number of para-hydroxylation sites is 2. The Kier molecular flexibility index (Phi) is 4.00. The fraction of sp³-hybridized carbons (Fsp3) is 0.105. The largest absolute Gasteiger partial charge is 0.485 e. The molecule has 124 valence electrons. The van der Waals surface area contributed by atoms with Crippen molar-refractivity contribution in [2.24, 2.45) is 0 Å². The molecule has 0 aliphatic carbocycles. The highest BCUT2D eigenvalue weighted by Crippen LogP contribution is 2.31.